The van der Waals surface area contributed by atoms with Gasteiger partial charge >= 0.3 is 0 Å². The van der Waals surface area contributed by atoms with Gasteiger partial charge in [-0.15, -0.1) is 0 Å². The first kappa shape index (κ1) is 21.9. The van der Waals surface area contributed by atoms with Crippen LogP contribution in [-0.4, -0.2) is 23.9 Å². The Morgan fingerprint density at radius 1 is 0.839 bits per heavy atom. The third-order valence-corrected chi connectivity index (χ3v) is 7.38. The van der Waals surface area contributed by atoms with Gasteiger partial charge in [-0.2, -0.15) is 0 Å². The van der Waals surface area contributed by atoms with Crippen LogP contribution in [0.3, 0.4) is 0 Å². The summed E-state index contributed by atoms with van der Waals surface area (Å²) < 4.78 is 0. The molecule has 1 saturated carbocycles. The molecule has 0 aromatic heterocycles. The summed E-state index contributed by atoms with van der Waals surface area (Å²) in [6.45, 7) is 5.31. The summed E-state index contributed by atoms with van der Waals surface area (Å²) in [6.07, 6.45) is 10.8. The number of para-hydroxylation sites is 1. The molecule has 3 nitrogen and oxygen atoms in total. The highest BCUT2D eigenvalue weighted by Crippen LogP contribution is 2.32. The van der Waals surface area contributed by atoms with Gasteiger partial charge in [0.15, 0.2) is 0 Å². The third kappa shape index (κ3) is 5.90. The van der Waals surface area contributed by atoms with Crippen molar-refractivity contribution in [2.45, 2.75) is 71.4 Å². The average Bonchev–Trinajstić information content (AvgIpc) is 2.90. The molecule has 1 amide bonds. The first-order valence-corrected chi connectivity index (χ1v) is 12.4. The molecule has 0 radical (unpaired) electrons. The van der Waals surface area contributed by atoms with E-state index >= 15 is 0 Å². The van der Waals surface area contributed by atoms with Crippen LogP contribution in [0.5, 0.6) is 0 Å². The summed E-state index contributed by atoms with van der Waals surface area (Å²) >= 11 is 0. The molecule has 2 aromatic carbocycles. The van der Waals surface area contributed by atoms with Crippen LogP contribution in [0.2, 0.25) is 0 Å². The first-order chi connectivity index (χ1) is 15.2. The Kier molecular flexibility index (Phi) is 7.66. The minimum atomic E-state index is 0.262. The second-order valence-corrected chi connectivity index (χ2v) is 9.66. The van der Waals surface area contributed by atoms with Crippen LogP contribution in [0.1, 0.15) is 69.4 Å². The number of anilines is 1. The summed E-state index contributed by atoms with van der Waals surface area (Å²) in [5.74, 6) is 1.93. The molecule has 4 rings (SSSR count). The summed E-state index contributed by atoms with van der Waals surface area (Å²) in [5, 5.41) is 0. The summed E-state index contributed by atoms with van der Waals surface area (Å²) in [7, 11) is 0. The molecule has 3 heteroatoms. The van der Waals surface area contributed by atoms with Gasteiger partial charge in [-0.3, -0.25) is 4.79 Å². The van der Waals surface area contributed by atoms with E-state index in [-0.39, 0.29) is 5.91 Å². The molecule has 2 atom stereocenters. The molecule has 0 bridgehead atoms. The van der Waals surface area contributed by atoms with Crippen LogP contribution >= 0.6 is 0 Å². The van der Waals surface area contributed by atoms with Crippen molar-refractivity contribution in [2.24, 2.45) is 11.8 Å². The van der Waals surface area contributed by atoms with E-state index in [0.717, 1.165) is 37.9 Å². The second kappa shape index (κ2) is 10.8. The molecular formula is C28H38N2O. The van der Waals surface area contributed by atoms with Gasteiger partial charge in [0.2, 0.25) is 5.91 Å². The van der Waals surface area contributed by atoms with Gasteiger partial charge in [0, 0.05) is 25.3 Å². The molecule has 2 unspecified atom stereocenters. The van der Waals surface area contributed by atoms with E-state index in [2.05, 4.69) is 65.3 Å². The molecule has 1 heterocycles. The van der Waals surface area contributed by atoms with Crippen LogP contribution < -0.4 is 4.90 Å². The first-order valence-electron chi connectivity index (χ1n) is 12.4. The molecular weight excluding hydrogens is 380 g/mol. The maximum absolute atomic E-state index is 13.2. The Bertz CT molecular complexity index is 834. The van der Waals surface area contributed by atoms with Crippen LogP contribution in [0.15, 0.2) is 54.6 Å². The van der Waals surface area contributed by atoms with Crippen LogP contribution in [-0.2, 0) is 17.9 Å². The van der Waals surface area contributed by atoms with Crippen molar-refractivity contribution in [2.75, 3.05) is 18.0 Å². The quantitative estimate of drug-likeness (QED) is 0.540. The van der Waals surface area contributed by atoms with Crippen molar-refractivity contribution in [3.8, 4) is 0 Å². The van der Waals surface area contributed by atoms with Gasteiger partial charge < -0.3 is 9.80 Å². The van der Waals surface area contributed by atoms with E-state index < -0.39 is 0 Å². The van der Waals surface area contributed by atoms with Crippen LogP contribution in [0.4, 0.5) is 5.69 Å². The zero-order valence-corrected chi connectivity index (χ0v) is 19.1. The van der Waals surface area contributed by atoms with Crippen LogP contribution in [0, 0.1) is 11.8 Å². The van der Waals surface area contributed by atoms with Crippen molar-refractivity contribution in [1.29, 1.82) is 0 Å². The highest BCUT2D eigenvalue weighted by Gasteiger charge is 2.26. The number of fused-ring (bicyclic) bond motifs is 1. The highest BCUT2D eigenvalue weighted by atomic mass is 16.2. The third-order valence-electron chi connectivity index (χ3n) is 7.38. The van der Waals surface area contributed by atoms with Gasteiger partial charge in [0.25, 0.3) is 0 Å². The predicted molar refractivity (Wildman–Crippen MR) is 129 cm³/mol. The fourth-order valence-electron chi connectivity index (χ4n) is 5.46. The number of rotatable bonds is 6. The summed E-state index contributed by atoms with van der Waals surface area (Å²) in [4.78, 5) is 17.6. The molecule has 31 heavy (non-hydrogen) atoms. The number of nitrogens with zero attached hydrogens (tertiary/aromatic N) is 2. The lowest BCUT2D eigenvalue weighted by atomic mass is 9.80. The zero-order valence-electron chi connectivity index (χ0n) is 19.1. The Morgan fingerprint density at radius 3 is 2.42 bits per heavy atom. The lowest BCUT2D eigenvalue weighted by Gasteiger charge is -2.28. The molecule has 1 aliphatic heterocycles. The predicted octanol–water partition coefficient (Wildman–Crippen LogP) is 6.42. The Labute approximate surface area is 188 Å². The van der Waals surface area contributed by atoms with Gasteiger partial charge in [-0.05, 0) is 41.9 Å². The topological polar surface area (TPSA) is 23.6 Å². The lowest BCUT2D eigenvalue weighted by molar-refractivity contribution is -0.130. The standard InChI is InChI=1S/C28H38N2O/c1-23-12-5-2-3-8-15-25(23)17-11-19-29-21-26-16-9-10-18-27(26)30(22-28(29)31)20-24-13-6-4-7-14-24/h4,6-7,9-10,13-14,16,18,23,25H,2-3,5,8,11-12,15,17,19-22H2,1H3. The van der Waals surface area contributed by atoms with E-state index in [1.807, 2.05) is 6.07 Å². The SMILES string of the molecule is CC1CCCCCCC1CCCN1Cc2ccccc2N(Cc2ccccc2)CC1=O. The normalized spacial score (nSPS) is 22.4. The smallest absolute Gasteiger partial charge is 0.242 e. The number of hydrogen-bond donors (Lipinski definition) is 0. The zero-order chi connectivity index (χ0) is 21.5. The van der Waals surface area contributed by atoms with Crippen LogP contribution in [0.25, 0.3) is 0 Å². The van der Waals surface area contributed by atoms with E-state index in [0.29, 0.717) is 6.54 Å². The summed E-state index contributed by atoms with van der Waals surface area (Å²) in [6, 6.07) is 19.0. The molecule has 2 aliphatic rings. The maximum Gasteiger partial charge on any atom is 0.242 e. The number of hydrogen-bond acceptors (Lipinski definition) is 2. The van der Waals surface area contributed by atoms with Crippen molar-refractivity contribution in [3.05, 3.63) is 65.7 Å². The summed E-state index contributed by atoms with van der Waals surface area (Å²) in [5.41, 5.74) is 3.72. The molecule has 1 fully saturated rings. The Balaban J connectivity index is 1.40. The van der Waals surface area contributed by atoms with E-state index in [1.54, 1.807) is 0 Å². The van der Waals surface area contributed by atoms with Crippen molar-refractivity contribution >= 4 is 11.6 Å². The Hall–Kier alpha value is -2.29. The van der Waals surface area contributed by atoms with Crippen molar-refractivity contribution in [3.63, 3.8) is 0 Å². The molecule has 2 aromatic rings. The van der Waals surface area contributed by atoms with E-state index in [1.165, 1.54) is 61.8 Å². The van der Waals surface area contributed by atoms with E-state index in [4.69, 9.17) is 0 Å². The minimum Gasteiger partial charge on any atom is -0.358 e. The fourth-order valence-corrected chi connectivity index (χ4v) is 5.46. The second-order valence-electron chi connectivity index (χ2n) is 9.66. The fraction of sp³-hybridized carbons (Fsp3) is 0.536. The van der Waals surface area contributed by atoms with Gasteiger partial charge in [0.05, 0.1) is 6.54 Å². The molecule has 0 N–H and O–H groups in total. The average molecular weight is 419 g/mol. The maximum atomic E-state index is 13.2. The van der Waals surface area contributed by atoms with Crippen molar-refractivity contribution < 1.29 is 4.79 Å². The minimum absolute atomic E-state index is 0.262. The van der Waals surface area contributed by atoms with Crippen molar-refractivity contribution in [1.82, 2.24) is 4.90 Å². The lowest BCUT2D eigenvalue weighted by Crippen LogP contribution is -2.37. The monoisotopic (exact) mass is 418 g/mol. The van der Waals surface area contributed by atoms with E-state index in [9.17, 15) is 4.79 Å². The number of carbonyl (C=O) groups excluding carboxylic acids is 1. The largest absolute Gasteiger partial charge is 0.358 e. The molecule has 0 spiro atoms. The number of carbonyl (C=O) groups is 1. The Morgan fingerprint density at radius 2 is 1.58 bits per heavy atom. The van der Waals surface area contributed by atoms with Gasteiger partial charge in [0.1, 0.15) is 0 Å². The number of amides is 1. The molecule has 1 aliphatic carbocycles. The molecule has 166 valence electrons. The van der Waals surface area contributed by atoms with Gasteiger partial charge in [-0.1, -0.05) is 94.0 Å². The number of benzene rings is 2. The van der Waals surface area contributed by atoms with Gasteiger partial charge in [-0.25, -0.2) is 0 Å². The highest BCUT2D eigenvalue weighted by molar-refractivity contribution is 5.83. The molecule has 0 saturated heterocycles.